The van der Waals surface area contributed by atoms with Gasteiger partial charge in [0.2, 0.25) is 5.91 Å². The topological polar surface area (TPSA) is 98.1 Å². The number of aromatic nitrogens is 2. The predicted octanol–water partition coefficient (Wildman–Crippen LogP) is 4.42. The number of hydrogen-bond acceptors (Lipinski definition) is 5. The Bertz CT molecular complexity index is 1100. The van der Waals surface area contributed by atoms with Gasteiger partial charge in [0.25, 0.3) is 0 Å². The summed E-state index contributed by atoms with van der Waals surface area (Å²) in [5.41, 5.74) is 10.8. The standard InChI is InChI=1S/C21H19N5O2/c1-14(27)24-16-9-17(11-18(10-16)26-6-2-3-7-26)25-20-5-4-15(8-19(20)22)21-12-23-13-28-21/h2-13,25H,22H2,1H3,(H,24,27). The summed E-state index contributed by atoms with van der Waals surface area (Å²) < 4.78 is 7.28. The van der Waals surface area contributed by atoms with Crippen LogP contribution >= 0.6 is 0 Å². The van der Waals surface area contributed by atoms with Gasteiger partial charge >= 0.3 is 0 Å². The van der Waals surface area contributed by atoms with Gasteiger partial charge in [-0.25, -0.2) is 4.98 Å². The minimum Gasteiger partial charge on any atom is -0.444 e. The number of oxazole rings is 1. The van der Waals surface area contributed by atoms with Gasteiger partial charge in [-0.3, -0.25) is 4.79 Å². The smallest absolute Gasteiger partial charge is 0.221 e. The molecule has 0 spiro atoms. The SMILES string of the molecule is CC(=O)Nc1cc(Nc2ccc(-c3cnco3)cc2N)cc(-n2cccc2)c1. The van der Waals surface area contributed by atoms with E-state index in [2.05, 4.69) is 15.6 Å². The number of anilines is 4. The largest absolute Gasteiger partial charge is 0.444 e. The molecule has 0 aliphatic rings. The number of amides is 1. The molecule has 0 unspecified atom stereocenters. The molecule has 28 heavy (non-hydrogen) atoms. The Balaban J connectivity index is 1.67. The Kier molecular flexibility index (Phi) is 4.55. The van der Waals surface area contributed by atoms with Crippen molar-refractivity contribution in [3.63, 3.8) is 0 Å². The summed E-state index contributed by atoms with van der Waals surface area (Å²) in [7, 11) is 0. The van der Waals surface area contributed by atoms with Gasteiger partial charge < -0.3 is 25.4 Å². The van der Waals surface area contributed by atoms with Gasteiger partial charge in [-0.1, -0.05) is 0 Å². The molecule has 0 saturated carbocycles. The van der Waals surface area contributed by atoms with E-state index in [0.29, 0.717) is 17.1 Å². The highest BCUT2D eigenvalue weighted by Gasteiger charge is 2.08. The summed E-state index contributed by atoms with van der Waals surface area (Å²) in [6, 6.07) is 15.2. The van der Waals surface area contributed by atoms with Crippen LogP contribution in [-0.4, -0.2) is 15.5 Å². The van der Waals surface area contributed by atoms with Crippen molar-refractivity contribution >= 4 is 28.7 Å². The third kappa shape index (κ3) is 3.73. The summed E-state index contributed by atoms with van der Waals surface area (Å²) in [6.07, 6.45) is 6.91. The first-order valence-corrected chi connectivity index (χ1v) is 8.70. The van der Waals surface area contributed by atoms with E-state index in [-0.39, 0.29) is 5.91 Å². The lowest BCUT2D eigenvalue weighted by Gasteiger charge is -2.14. The average molecular weight is 373 g/mol. The van der Waals surface area contributed by atoms with Crippen LogP contribution in [0.3, 0.4) is 0 Å². The number of carbonyl (C=O) groups excluding carboxylic acids is 1. The number of nitrogens with zero attached hydrogens (tertiary/aromatic N) is 2. The molecule has 7 heteroatoms. The van der Waals surface area contributed by atoms with Crippen LogP contribution in [0.15, 0.2) is 77.9 Å². The van der Waals surface area contributed by atoms with Crippen molar-refractivity contribution in [3.05, 3.63) is 73.5 Å². The fraction of sp³-hybridized carbons (Fsp3) is 0.0476. The molecule has 140 valence electrons. The van der Waals surface area contributed by atoms with E-state index >= 15 is 0 Å². The zero-order valence-electron chi connectivity index (χ0n) is 15.2. The zero-order valence-corrected chi connectivity index (χ0v) is 15.2. The maximum Gasteiger partial charge on any atom is 0.221 e. The highest BCUT2D eigenvalue weighted by Crippen LogP contribution is 2.31. The van der Waals surface area contributed by atoms with E-state index in [1.807, 2.05) is 65.5 Å². The number of nitrogen functional groups attached to an aromatic ring is 1. The number of benzene rings is 2. The first-order chi connectivity index (χ1) is 13.6. The molecular weight excluding hydrogens is 354 g/mol. The van der Waals surface area contributed by atoms with Crippen LogP contribution in [0.5, 0.6) is 0 Å². The van der Waals surface area contributed by atoms with Crippen LogP contribution < -0.4 is 16.4 Å². The summed E-state index contributed by atoms with van der Waals surface area (Å²) >= 11 is 0. The number of nitrogens with two attached hydrogens (primary N) is 1. The lowest BCUT2D eigenvalue weighted by molar-refractivity contribution is -0.114. The number of rotatable bonds is 5. The second kappa shape index (κ2) is 7.32. The van der Waals surface area contributed by atoms with Crippen LogP contribution in [0.1, 0.15) is 6.92 Å². The molecule has 7 nitrogen and oxygen atoms in total. The van der Waals surface area contributed by atoms with Gasteiger partial charge in [0.05, 0.1) is 17.6 Å². The van der Waals surface area contributed by atoms with Crippen molar-refractivity contribution in [2.45, 2.75) is 6.92 Å². The molecule has 1 amide bonds. The third-order valence-electron chi connectivity index (χ3n) is 4.19. The fourth-order valence-electron chi connectivity index (χ4n) is 2.96. The van der Waals surface area contributed by atoms with Crippen molar-refractivity contribution in [3.8, 4) is 17.0 Å². The van der Waals surface area contributed by atoms with Crippen LogP contribution in [0.25, 0.3) is 17.0 Å². The maximum atomic E-state index is 11.5. The predicted molar refractivity (Wildman–Crippen MR) is 110 cm³/mol. The lowest BCUT2D eigenvalue weighted by Crippen LogP contribution is -2.07. The molecule has 0 radical (unpaired) electrons. The molecule has 0 fully saturated rings. The molecule has 0 aliphatic heterocycles. The number of hydrogen-bond donors (Lipinski definition) is 3. The highest BCUT2D eigenvalue weighted by molar-refractivity contribution is 5.90. The average Bonchev–Trinajstić information content (AvgIpc) is 3.37. The minimum atomic E-state index is -0.133. The third-order valence-corrected chi connectivity index (χ3v) is 4.19. The van der Waals surface area contributed by atoms with Crippen LogP contribution in [-0.2, 0) is 4.79 Å². The van der Waals surface area contributed by atoms with Crippen LogP contribution in [0.4, 0.5) is 22.7 Å². The fourth-order valence-corrected chi connectivity index (χ4v) is 2.96. The minimum absolute atomic E-state index is 0.133. The molecule has 0 bridgehead atoms. The molecule has 4 rings (SSSR count). The van der Waals surface area contributed by atoms with Crippen molar-refractivity contribution in [2.75, 3.05) is 16.4 Å². The van der Waals surface area contributed by atoms with E-state index in [4.69, 9.17) is 10.2 Å². The Morgan fingerprint density at radius 2 is 1.89 bits per heavy atom. The molecule has 4 aromatic rings. The van der Waals surface area contributed by atoms with E-state index in [1.54, 1.807) is 6.20 Å². The zero-order chi connectivity index (χ0) is 19.5. The van der Waals surface area contributed by atoms with Crippen molar-refractivity contribution in [1.29, 1.82) is 0 Å². The first kappa shape index (κ1) is 17.4. The normalized spacial score (nSPS) is 10.6. The number of carbonyl (C=O) groups is 1. The molecule has 0 saturated heterocycles. The Morgan fingerprint density at radius 1 is 1.11 bits per heavy atom. The molecule has 2 aromatic carbocycles. The lowest BCUT2D eigenvalue weighted by atomic mass is 10.1. The second-order valence-electron chi connectivity index (χ2n) is 6.33. The maximum absolute atomic E-state index is 11.5. The van der Waals surface area contributed by atoms with Gasteiger partial charge in [0.1, 0.15) is 0 Å². The highest BCUT2D eigenvalue weighted by atomic mass is 16.3. The van der Waals surface area contributed by atoms with Gasteiger partial charge in [-0.05, 0) is 48.5 Å². The summed E-state index contributed by atoms with van der Waals surface area (Å²) in [4.78, 5) is 15.4. The monoisotopic (exact) mass is 373 g/mol. The molecule has 2 aromatic heterocycles. The van der Waals surface area contributed by atoms with Gasteiger partial charge in [0.15, 0.2) is 12.2 Å². The molecular formula is C21H19N5O2. The summed E-state index contributed by atoms with van der Waals surface area (Å²) in [5.74, 6) is 0.521. The van der Waals surface area contributed by atoms with Crippen molar-refractivity contribution < 1.29 is 9.21 Å². The van der Waals surface area contributed by atoms with Gasteiger partial charge in [-0.2, -0.15) is 0 Å². The first-order valence-electron chi connectivity index (χ1n) is 8.70. The Hall–Kier alpha value is -4.00. The quantitative estimate of drug-likeness (QED) is 0.450. The number of nitrogens with one attached hydrogen (secondary N) is 2. The van der Waals surface area contributed by atoms with E-state index in [1.165, 1.54) is 13.3 Å². The second-order valence-corrected chi connectivity index (χ2v) is 6.33. The van der Waals surface area contributed by atoms with Crippen molar-refractivity contribution in [1.82, 2.24) is 9.55 Å². The Labute approximate surface area is 161 Å². The molecule has 0 atom stereocenters. The molecule has 0 aliphatic carbocycles. The van der Waals surface area contributed by atoms with Gasteiger partial charge in [-0.15, -0.1) is 0 Å². The van der Waals surface area contributed by atoms with Gasteiger partial charge in [0, 0.05) is 41.9 Å². The van der Waals surface area contributed by atoms with E-state index in [0.717, 1.165) is 22.6 Å². The summed E-state index contributed by atoms with van der Waals surface area (Å²) in [6.45, 7) is 1.48. The van der Waals surface area contributed by atoms with Crippen LogP contribution in [0, 0.1) is 0 Å². The Morgan fingerprint density at radius 3 is 2.57 bits per heavy atom. The molecule has 2 heterocycles. The molecule has 4 N–H and O–H groups in total. The van der Waals surface area contributed by atoms with Crippen LogP contribution in [0.2, 0.25) is 0 Å². The summed E-state index contributed by atoms with van der Waals surface area (Å²) in [5, 5.41) is 6.16. The van der Waals surface area contributed by atoms with E-state index in [9.17, 15) is 4.79 Å². The van der Waals surface area contributed by atoms with Crippen molar-refractivity contribution in [2.24, 2.45) is 0 Å². The van der Waals surface area contributed by atoms with E-state index < -0.39 is 0 Å².